The average molecular weight is 543 g/mol. The van der Waals surface area contributed by atoms with Gasteiger partial charge in [0.1, 0.15) is 0 Å². The van der Waals surface area contributed by atoms with Gasteiger partial charge in [-0.3, -0.25) is 8.61 Å². The molecule has 0 N–H and O–H groups in total. The van der Waals surface area contributed by atoms with Crippen LogP contribution in [0.25, 0.3) is 0 Å². The lowest BCUT2D eigenvalue weighted by atomic mass is 10.3. The second kappa shape index (κ2) is 14.0. The summed E-state index contributed by atoms with van der Waals surface area (Å²) in [5.41, 5.74) is 4.39. The second-order valence-corrected chi connectivity index (χ2v) is 11.3. The molecule has 0 saturated heterocycles. The molecule has 0 bridgehead atoms. The van der Waals surface area contributed by atoms with Crippen molar-refractivity contribution < 1.29 is 0 Å². The van der Waals surface area contributed by atoms with Gasteiger partial charge in [0.05, 0.1) is 31.1 Å². The van der Waals surface area contributed by atoms with Gasteiger partial charge >= 0.3 is 0 Å². The zero-order valence-electron chi connectivity index (χ0n) is 19.6. The van der Waals surface area contributed by atoms with Crippen LogP contribution in [0.4, 0.5) is 22.7 Å². The van der Waals surface area contributed by atoms with Gasteiger partial charge in [0.25, 0.3) is 0 Å². The van der Waals surface area contributed by atoms with Crippen molar-refractivity contribution in [2.75, 3.05) is 8.61 Å². The maximum absolute atomic E-state index is 5.73. The highest BCUT2D eigenvalue weighted by Crippen LogP contribution is 2.35. The summed E-state index contributed by atoms with van der Waals surface area (Å²) < 4.78 is 6.14. The van der Waals surface area contributed by atoms with E-state index in [9.17, 15) is 0 Å². The van der Waals surface area contributed by atoms with Crippen LogP contribution >= 0.6 is 48.3 Å². The van der Waals surface area contributed by atoms with Crippen LogP contribution in [0.2, 0.25) is 0 Å². The first-order valence-corrected chi connectivity index (χ1v) is 13.9. The Morgan fingerprint density at radius 1 is 0.472 bits per heavy atom. The minimum atomic E-state index is 0.699. The fourth-order valence-electron chi connectivity index (χ4n) is 3.40. The second-order valence-electron chi connectivity index (χ2n) is 7.74. The summed E-state index contributed by atoms with van der Waals surface area (Å²) in [6, 6.07) is 41.2. The Morgan fingerprint density at radius 3 is 0.972 bits per heavy atom. The molecular weight excluding hydrogens is 517 g/mol. The third kappa shape index (κ3) is 7.80. The molecule has 0 unspecified atom stereocenters. The third-order valence-corrected chi connectivity index (χ3v) is 7.81. The number of anilines is 4. The molecule has 0 radical (unpaired) electrons. The molecule has 0 atom stereocenters. The largest absolute Gasteiger partial charge is 0.280 e. The first-order chi connectivity index (χ1) is 17.7. The molecule has 0 aliphatic carbocycles. The fourth-order valence-corrected chi connectivity index (χ4v) is 5.70. The summed E-state index contributed by atoms with van der Waals surface area (Å²) >= 11 is 14.6. The van der Waals surface area contributed by atoms with Gasteiger partial charge in [0.15, 0.2) is 0 Å². The maximum atomic E-state index is 5.73. The third-order valence-electron chi connectivity index (χ3n) is 5.08. The Morgan fingerprint density at radius 2 is 0.722 bits per heavy atom. The summed E-state index contributed by atoms with van der Waals surface area (Å²) in [5.74, 6) is 0. The van der Waals surface area contributed by atoms with E-state index >= 15 is 0 Å². The van der Waals surface area contributed by atoms with Crippen LogP contribution in [0.15, 0.2) is 133 Å². The standard InChI is InChI=1S/C30H26N2S4/c33-29(35-31(25-15-5-1-6-16-25)26-17-7-2-8-18-26)23-13-14-24-30(34)36-32(27-19-9-3-10-20-27)28-21-11-4-12-22-28/h1-22H,23-24H2. The fraction of sp³-hybridized carbons (Fsp3) is 0.0667. The summed E-state index contributed by atoms with van der Waals surface area (Å²) in [4.78, 5) is 0. The minimum Gasteiger partial charge on any atom is -0.280 e. The molecule has 2 nitrogen and oxygen atoms in total. The molecule has 0 heterocycles. The Hall–Kier alpha value is -2.90. The lowest BCUT2D eigenvalue weighted by Crippen LogP contribution is -2.10. The van der Waals surface area contributed by atoms with E-state index in [1.165, 1.54) is 0 Å². The van der Waals surface area contributed by atoms with Gasteiger partial charge in [-0.15, -0.1) is 0 Å². The van der Waals surface area contributed by atoms with Gasteiger partial charge in [0, 0.05) is 36.7 Å². The highest BCUT2D eigenvalue weighted by Gasteiger charge is 2.13. The highest BCUT2D eigenvalue weighted by atomic mass is 32.2. The number of allylic oxidation sites excluding steroid dienone is 2. The van der Waals surface area contributed by atoms with Crippen molar-refractivity contribution in [1.82, 2.24) is 0 Å². The molecule has 4 aromatic carbocycles. The van der Waals surface area contributed by atoms with Crippen molar-refractivity contribution in [2.24, 2.45) is 0 Å². The summed E-state index contributed by atoms with van der Waals surface area (Å²) in [6.45, 7) is 0. The first kappa shape index (κ1) is 26.2. The van der Waals surface area contributed by atoms with Crippen molar-refractivity contribution in [3.63, 3.8) is 0 Å². The van der Waals surface area contributed by atoms with Gasteiger partial charge < -0.3 is 0 Å². The predicted molar refractivity (Wildman–Crippen MR) is 169 cm³/mol. The van der Waals surface area contributed by atoms with E-state index in [0.29, 0.717) is 12.8 Å². The van der Waals surface area contributed by atoms with Crippen LogP contribution in [-0.4, -0.2) is 8.39 Å². The molecule has 180 valence electrons. The number of para-hydroxylation sites is 4. The number of benzene rings is 4. The van der Waals surface area contributed by atoms with Gasteiger partial charge in [-0.1, -0.05) is 109 Å². The van der Waals surface area contributed by atoms with E-state index in [4.69, 9.17) is 24.4 Å². The minimum absolute atomic E-state index is 0.699. The lowest BCUT2D eigenvalue weighted by molar-refractivity contribution is 1.42. The Kier molecular flexibility index (Phi) is 10.2. The van der Waals surface area contributed by atoms with E-state index in [2.05, 4.69) is 69.3 Å². The quantitative estimate of drug-likeness (QED) is 0.111. The molecule has 0 aliphatic rings. The van der Waals surface area contributed by atoms with Crippen LogP contribution in [0, 0.1) is 0 Å². The SMILES string of the molecule is S=C(CC=CCC(=S)SN(c1ccccc1)c1ccccc1)SN(c1ccccc1)c1ccccc1. The summed E-state index contributed by atoms with van der Waals surface area (Å²) in [6.07, 6.45) is 5.63. The van der Waals surface area contributed by atoms with Crippen molar-refractivity contribution in [3.05, 3.63) is 133 Å². The van der Waals surface area contributed by atoms with E-state index in [-0.39, 0.29) is 0 Å². The number of rotatable bonds is 10. The lowest BCUT2D eigenvalue weighted by Gasteiger charge is -2.23. The van der Waals surface area contributed by atoms with Crippen molar-refractivity contribution >= 4 is 79.5 Å². The van der Waals surface area contributed by atoms with E-state index in [0.717, 1.165) is 31.1 Å². The molecule has 36 heavy (non-hydrogen) atoms. The molecule has 0 saturated carbocycles. The highest BCUT2D eigenvalue weighted by molar-refractivity contribution is 8.24. The molecular formula is C30H26N2S4. The Balaban J connectivity index is 1.34. The maximum Gasteiger partial charge on any atom is 0.0732 e. The molecule has 0 fully saturated rings. The van der Waals surface area contributed by atoms with Gasteiger partial charge in [-0.25, -0.2) is 0 Å². The smallest absolute Gasteiger partial charge is 0.0732 e. The average Bonchev–Trinajstić information content (AvgIpc) is 2.94. The van der Waals surface area contributed by atoms with Gasteiger partial charge in [-0.2, -0.15) is 0 Å². The van der Waals surface area contributed by atoms with Crippen molar-refractivity contribution in [3.8, 4) is 0 Å². The van der Waals surface area contributed by atoms with Crippen molar-refractivity contribution in [1.29, 1.82) is 0 Å². The predicted octanol–water partition coefficient (Wildman–Crippen LogP) is 9.95. The van der Waals surface area contributed by atoms with Crippen LogP contribution < -0.4 is 8.61 Å². The number of thiocarbonyl (C=S) groups is 2. The van der Waals surface area contributed by atoms with Crippen LogP contribution in [0.3, 0.4) is 0 Å². The zero-order valence-corrected chi connectivity index (χ0v) is 22.9. The Labute approximate surface area is 233 Å². The zero-order chi connectivity index (χ0) is 25.0. The summed E-state index contributed by atoms with van der Waals surface area (Å²) in [7, 11) is 0. The molecule has 6 heteroatoms. The normalized spacial score (nSPS) is 10.8. The molecule has 0 spiro atoms. The number of nitrogens with zero attached hydrogens (tertiary/aromatic N) is 2. The van der Waals surface area contributed by atoms with E-state index in [1.807, 2.05) is 72.8 Å². The topological polar surface area (TPSA) is 6.48 Å². The monoisotopic (exact) mass is 542 g/mol. The van der Waals surface area contributed by atoms with Crippen molar-refractivity contribution in [2.45, 2.75) is 12.8 Å². The number of hydrogen-bond donors (Lipinski definition) is 0. The molecule has 4 aromatic rings. The summed E-state index contributed by atoms with van der Waals surface area (Å²) in [5, 5.41) is 0. The first-order valence-electron chi connectivity index (χ1n) is 11.6. The van der Waals surface area contributed by atoms with Crippen LogP contribution in [0.5, 0.6) is 0 Å². The van der Waals surface area contributed by atoms with E-state index < -0.39 is 0 Å². The number of hydrogen-bond acceptors (Lipinski definition) is 6. The van der Waals surface area contributed by atoms with E-state index in [1.54, 1.807) is 23.9 Å². The Bertz CT molecular complexity index is 1080. The van der Waals surface area contributed by atoms with Gasteiger partial charge in [-0.05, 0) is 48.5 Å². The molecule has 4 rings (SSSR count). The van der Waals surface area contributed by atoms with Gasteiger partial charge in [0.2, 0.25) is 0 Å². The molecule has 0 aromatic heterocycles. The van der Waals surface area contributed by atoms with Crippen LogP contribution in [0.1, 0.15) is 12.8 Å². The van der Waals surface area contributed by atoms with Crippen LogP contribution in [-0.2, 0) is 0 Å². The molecule has 0 amide bonds. The molecule has 0 aliphatic heterocycles.